The first kappa shape index (κ1) is 15.2. The molecule has 0 unspecified atom stereocenters. The summed E-state index contributed by atoms with van der Waals surface area (Å²) in [6, 6.07) is 15.9. The molecule has 0 bridgehead atoms. The molecule has 0 amide bonds. The lowest BCUT2D eigenvalue weighted by Crippen LogP contribution is -2.06. The van der Waals surface area contributed by atoms with E-state index in [-0.39, 0.29) is 0 Å². The van der Waals surface area contributed by atoms with Crippen molar-refractivity contribution in [1.29, 1.82) is 0 Å². The molecule has 0 aliphatic carbocycles. The predicted octanol–water partition coefficient (Wildman–Crippen LogP) is 4.46. The Kier molecular flexibility index (Phi) is 4.11. The van der Waals surface area contributed by atoms with Gasteiger partial charge in [0.1, 0.15) is 0 Å². The van der Waals surface area contributed by atoms with E-state index in [9.17, 15) is 4.79 Å². The number of nitrogens with zero attached hydrogens (tertiary/aromatic N) is 1. The van der Waals surface area contributed by atoms with Crippen molar-refractivity contribution in [3.63, 3.8) is 0 Å². The zero-order valence-electron chi connectivity index (χ0n) is 13.5. The van der Waals surface area contributed by atoms with Crippen LogP contribution in [-0.2, 0) is 9.53 Å². The molecule has 3 rings (SSSR count). The monoisotopic (exact) mass is 305 g/mol. The average Bonchev–Trinajstić information content (AvgIpc) is 2.89. The van der Waals surface area contributed by atoms with Gasteiger partial charge >= 0.3 is 5.97 Å². The second-order valence-electron chi connectivity index (χ2n) is 5.97. The summed E-state index contributed by atoms with van der Waals surface area (Å²) in [5.41, 5.74) is 4.42. The Bertz CT molecular complexity index is 799. The van der Waals surface area contributed by atoms with Crippen LogP contribution in [0.4, 0.5) is 0 Å². The Morgan fingerprint density at radius 2 is 1.74 bits per heavy atom. The molecule has 1 aliphatic rings. The van der Waals surface area contributed by atoms with Gasteiger partial charge in [-0.3, -0.25) is 0 Å². The number of benzene rings is 2. The lowest BCUT2D eigenvalue weighted by molar-refractivity contribution is -0.129. The molecule has 3 heteroatoms. The van der Waals surface area contributed by atoms with Crippen molar-refractivity contribution >= 4 is 17.9 Å². The highest BCUT2D eigenvalue weighted by Gasteiger charge is 2.24. The molecule has 0 spiro atoms. The zero-order valence-corrected chi connectivity index (χ0v) is 13.5. The fourth-order valence-electron chi connectivity index (χ4n) is 2.47. The molecule has 1 aliphatic heterocycles. The van der Waals surface area contributed by atoms with E-state index < -0.39 is 5.97 Å². The first-order chi connectivity index (χ1) is 11.0. The van der Waals surface area contributed by atoms with Crippen LogP contribution in [0.25, 0.3) is 6.08 Å². The second-order valence-corrected chi connectivity index (χ2v) is 5.97. The minimum Gasteiger partial charge on any atom is -0.402 e. The molecule has 0 saturated heterocycles. The smallest absolute Gasteiger partial charge is 0.363 e. The van der Waals surface area contributed by atoms with Crippen molar-refractivity contribution in [2.75, 3.05) is 0 Å². The van der Waals surface area contributed by atoms with E-state index in [4.69, 9.17) is 4.74 Å². The number of carbonyl (C=O) groups excluding carboxylic acids is 1. The van der Waals surface area contributed by atoms with Crippen molar-refractivity contribution in [2.24, 2.45) is 4.99 Å². The van der Waals surface area contributed by atoms with Gasteiger partial charge in [0.2, 0.25) is 5.90 Å². The number of hydrogen-bond donors (Lipinski definition) is 0. The van der Waals surface area contributed by atoms with E-state index in [2.05, 4.69) is 31.0 Å². The van der Waals surface area contributed by atoms with E-state index in [0.29, 0.717) is 17.5 Å². The van der Waals surface area contributed by atoms with Crippen molar-refractivity contribution < 1.29 is 9.53 Å². The van der Waals surface area contributed by atoms with Gasteiger partial charge in [0.25, 0.3) is 0 Å². The molecule has 0 saturated carbocycles. The minimum atomic E-state index is -0.406. The van der Waals surface area contributed by atoms with E-state index in [1.165, 1.54) is 5.56 Å². The minimum absolute atomic E-state index is 0.334. The standard InChI is InChI=1S/C20H19NO2/c1-13(2)16-10-8-15(9-11-16)12-18-20(22)23-19(21-18)17-7-5-4-6-14(17)3/h4-13H,1-3H3/b18-12-. The van der Waals surface area contributed by atoms with Crippen LogP contribution in [0.3, 0.4) is 0 Å². The summed E-state index contributed by atoms with van der Waals surface area (Å²) < 4.78 is 5.32. The third-order valence-electron chi connectivity index (χ3n) is 3.90. The van der Waals surface area contributed by atoms with Crippen molar-refractivity contribution in [2.45, 2.75) is 26.7 Å². The molecular weight excluding hydrogens is 286 g/mol. The quantitative estimate of drug-likeness (QED) is 0.620. The third-order valence-corrected chi connectivity index (χ3v) is 3.90. The molecule has 0 aromatic heterocycles. The second kappa shape index (κ2) is 6.21. The first-order valence-electron chi connectivity index (χ1n) is 7.73. The molecule has 0 fully saturated rings. The van der Waals surface area contributed by atoms with Crippen LogP contribution in [0.2, 0.25) is 0 Å². The number of ether oxygens (including phenoxy) is 1. The molecular formula is C20H19NO2. The molecule has 0 N–H and O–H groups in total. The van der Waals surface area contributed by atoms with Gasteiger partial charge < -0.3 is 4.74 Å². The van der Waals surface area contributed by atoms with E-state index in [0.717, 1.165) is 16.7 Å². The lowest BCUT2D eigenvalue weighted by Gasteiger charge is -2.04. The van der Waals surface area contributed by atoms with Crippen LogP contribution in [0.5, 0.6) is 0 Å². The molecule has 0 radical (unpaired) electrons. The third kappa shape index (κ3) is 3.24. The molecule has 23 heavy (non-hydrogen) atoms. The van der Waals surface area contributed by atoms with E-state index >= 15 is 0 Å². The highest BCUT2D eigenvalue weighted by Crippen LogP contribution is 2.22. The highest BCUT2D eigenvalue weighted by atomic mass is 16.6. The SMILES string of the molecule is Cc1ccccc1C1=N/C(=C\c2ccc(C(C)C)cc2)C(=O)O1. The predicted molar refractivity (Wildman–Crippen MR) is 92.3 cm³/mol. The van der Waals surface area contributed by atoms with Gasteiger partial charge in [-0.15, -0.1) is 0 Å². The number of aliphatic imine (C=N–C) groups is 1. The maximum Gasteiger partial charge on any atom is 0.363 e. The van der Waals surface area contributed by atoms with Gasteiger partial charge in [-0.05, 0) is 41.7 Å². The van der Waals surface area contributed by atoms with Crippen LogP contribution in [-0.4, -0.2) is 11.9 Å². The maximum atomic E-state index is 12.0. The Morgan fingerprint density at radius 1 is 1.04 bits per heavy atom. The number of hydrogen-bond acceptors (Lipinski definition) is 3. The Labute approximate surface area is 136 Å². The fourth-order valence-corrected chi connectivity index (χ4v) is 2.47. The highest BCUT2D eigenvalue weighted by molar-refractivity contribution is 6.13. The summed E-state index contributed by atoms with van der Waals surface area (Å²) in [7, 11) is 0. The van der Waals surface area contributed by atoms with Crippen LogP contribution in [0, 0.1) is 6.92 Å². The number of cyclic esters (lactones) is 1. The molecule has 116 valence electrons. The summed E-state index contributed by atoms with van der Waals surface area (Å²) in [6.07, 6.45) is 1.76. The van der Waals surface area contributed by atoms with Crippen LogP contribution in [0.1, 0.15) is 42.0 Å². The van der Waals surface area contributed by atoms with E-state index in [1.807, 2.05) is 43.3 Å². The number of aryl methyl sites for hydroxylation is 1. The average molecular weight is 305 g/mol. The Hall–Kier alpha value is -2.68. The largest absolute Gasteiger partial charge is 0.402 e. The van der Waals surface area contributed by atoms with Gasteiger partial charge in [0.15, 0.2) is 5.70 Å². The Morgan fingerprint density at radius 3 is 2.39 bits per heavy atom. The summed E-state index contributed by atoms with van der Waals surface area (Å²) in [5, 5.41) is 0. The fraction of sp³-hybridized carbons (Fsp3) is 0.200. The van der Waals surface area contributed by atoms with E-state index in [1.54, 1.807) is 6.08 Å². The maximum absolute atomic E-state index is 12.0. The number of carbonyl (C=O) groups is 1. The summed E-state index contributed by atoms with van der Waals surface area (Å²) in [4.78, 5) is 16.4. The topological polar surface area (TPSA) is 38.7 Å². The zero-order chi connectivity index (χ0) is 16.4. The van der Waals surface area contributed by atoms with Gasteiger partial charge in [-0.25, -0.2) is 9.79 Å². The van der Waals surface area contributed by atoms with Crippen LogP contribution in [0.15, 0.2) is 59.2 Å². The van der Waals surface area contributed by atoms with Crippen molar-refractivity contribution in [3.8, 4) is 0 Å². The summed E-state index contributed by atoms with van der Waals surface area (Å²) in [6.45, 7) is 6.28. The number of rotatable bonds is 3. The van der Waals surface area contributed by atoms with Gasteiger partial charge in [-0.2, -0.15) is 0 Å². The molecule has 2 aromatic rings. The normalized spacial score (nSPS) is 15.9. The van der Waals surface area contributed by atoms with Gasteiger partial charge in [0, 0.05) is 5.56 Å². The first-order valence-corrected chi connectivity index (χ1v) is 7.73. The van der Waals surface area contributed by atoms with Gasteiger partial charge in [-0.1, -0.05) is 56.3 Å². The molecule has 3 nitrogen and oxygen atoms in total. The molecule has 2 aromatic carbocycles. The van der Waals surface area contributed by atoms with Crippen LogP contribution >= 0.6 is 0 Å². The molecule has 1 heterocycles. The molecule has 0 atom stereocenters. The van der Waals surface area contributed by atoms with Crippen molar-refractivity contribution in [1.82, 2.24) is 0 Å². The van der Waals surface area contributed by atoms with Crippen molar-refractivity contribution in [3.05, 3.63) is 76.5 Å². The summed E-state index contributed by atoms with van der Waals surface area (Å²) >= 11 is 0. The number of esters is 1. The van der Waals surface area contributed by atoms with Gasteiger partial charge in [0.05, 0.1) is 0 Å². The van der Waals surface area contributed by atoms with Crippen LogP contribution < -0.4 is 0 Å². The summed E-state index contributed by atoms with van der Waals surface area (Å²) in [5.74, 6) is 0.452. The Balaban J connectivity index is 1.90. The lowest BCUT2D eigenvalue weighted by atomic mass is 10.0.